The number of nitrogens with zero attached hydrogens (tertiary/aromatic N) is 1. The Balaban J connectivity index is 2.09. The van der Waals surface area contributed by atoms with Gasteiger partial charge in [0, 0.05) is 5.56 Å². The third-order valence-electron chi connectivity index (χ3n) is 3.40. The highest BCUT2D eigenvalue weighted by atomic mass is 16.1. The minimum absolute atomic E-state index is 0.0233. The standard InChI is InChI=1S/C13H21N3O/c1-2-14-9-5-8-12-10-6-3-4-7-11(10)13(17)16-15-12/h14H,2-9H2,1H3,(H,16,17). The molecule has 0 atom stereocenters. The van der Waals surface area contributed by atoms with Gasteiger partial charge in [-0.05, 0) is 57.2 Å². The molecule has 0 unspecified atom stereocenters. The van der Waals surface area contributed by atoms with Gasteiger partial charge < -0.3 is 5.32 Å². The van der Waals surface area contributed by atoms with Crippen molar-refractivity contribution < 1.29 is 0 Å². The molecule has 0 spiro atoms. The molecule has 0 bridgehead atoms. The van der Waals surface area contributed by atoms with Crippen LogP contribution in [0.2, 0.25) is 0 Å². The first-order chi connectivity index (χ1) is 8.33. The lowest BCUT2D eigenvalue weighted by molar-refractivity contribution is 0.627. The largest absolute Gasteiger partial charge is 0.317 e. The van der Waals surface area contributed by atoms with Crippen LogP contribution in [0.3, 0.4) is 0 Å². The van der Waals surface area contributed by atoms with Crippen LogP contribution >= 0.6 is 0 Å². The van der Waals surface area contributed by atoms with Gasteiger partial charge in [0.05, 0.1) is 5.69 Å². The van der Waals surface area contributed by atoms with Gasteiger partial charge in [0.2, 0.25) is 0 Å². The Morgan fingerprint density at radius 3 is 2.82 bits per heavy atom. The van der Waals surface area contributed by atoms with Gasteiger partial charge in [0.25, 0.3) is 5.56 Å². The van der Waals surface area contributed by atoms with Crippen LogP contribution in [0.25, 0.3) is 0 Å². The van der Waals surface area contributed by atoms with E-state index in [2.05, 4.69) is 22.4 Å². The molecule has 1 aliphatic carbocycles. The van der Waals surface area contributed by atoms with Crippen LogP contribution in [0.1, 0.15) is 43.0 Å². The highest BCUT2D eigenvalue weighted by molar-refractivity contribution is 5.30. The van der Waals surface area contributed by atoms with Gasteiger partial charge >= 0.3 is 0 Å². The molecular weight excluding hydrogens is 214 g/mol. The van der Waals surface area contributed by atoms with Crippen molar-refractivity contribution >= 4 is 0 Å². The molecule has 0 saturated heterocycles. The summed E-state index contributed by atoms with van der Waals surface area (Å²) in [5, 5.41) is 10.2. The topological polar surface area (TPSA) is 57.8 Å². The number of aromatic nitrogens is 2. The molecule has 4 nitrogen and oxygen atoms in total. The first-order valence-corrected chi connectivity index (χ1v) is 6.63. The Hall–Kier alpha value is -1.16. The van der Waals surface area contributed by atoms with Crippen molar-refractivity contribution in [3.63, 3.8) is 0 Å². The number of aromatic amines is 1. The summed E-state index contributed by atoms with van der Waals surface area (Å²) < 4.78 is 0. The molecule has 2 rings (SSSR count). The smallest absolute Gasteiger partial charge is 0.267 e. The number of hydrogen-bond acceptors (Lipinski definition) is 3. The molecule has 0 amide bonds. The van der Waals surface area contributed by atoms with Crippen molar-refractivity contribution in [3.05, 3.63) is 27.2 Å². The lowest BCUT2D eigenvalue weighted by atomic mass is 9.91. The van der Waals surface area contributed by atoms with Gasteiger partial charge in [-0.1, -0.05) is 6.92 Å². The average molecular weight is 235 g/mol. The van der Waals surface area contributed by atoms with E-state index < -0.39 is 0 Å². The summed E-state index contributed by atoms with van der Waals surface area (Å²) >= 11 is 0. The van der Waals surface area contributed by atoms with Crippen LogP contribution in [0.4, 0.5) is 0 Å². The summed E-state index contributed by atoms with van der Waals surface area (Å²) in [7, 11) is 0. The normalized spacial score (nSPS) is 14.6. The third-order valence-corrected chi connectivity index (χ3v) is 3.40. The zero-order valence-electron chi connectivity index (χ0n) is 10.5. The van der Waals surface area contributed by atoms with E-state index >= 15 is 0 Å². The van der Waals surface area contributed by atoms with E-state index in [0.717, 1.165) is 56.5 Å². The highest BCUT2D eigenvalue weighted by Crippen LogP contribution is 2.20. The van der Waals surface area contributed by atoms with Crippen molar-refractivity contribution in [1.82, 2.24) is 15.5 Å². The fraction of sp³-hybridized carbons (Fsp3) is 0.692. The van der Waals surface area contributed by atoms with Crippen molar-refractivity contribution in [1.29, 1.82) is 0 Å². The number of H-pyrrole nitrogens is 1. The summed E-state index contributed by atoms with van der Waals surface area (Å²) in [5.41, 5.74) is 3.36. The zero-order valence-corrected chi connectivity index (χ0v) is 10.5. The van der Waals surface area contributed by atoms with Gasteiger partial charge in [-0.2, -0.15) is 5.10 Å². The van der Waals surface area contributed by atoms with E-state index in [1.54, 1.807) is 0 Å². The van der Waals surface area contributed by atoms with Crippen molar-refractivity contribution in [2.24, 2.45) is 0 Å². The van der Waals surface area contributed by atoms with Crippen molar-refractivity contribution in [3.8, 4) is 0 Å². The Morgan fingerprint density at radius 1 is 1.29 bits per heavy atom. The highest BCUT2D eigenvalue weighted by Gasteiger charge is 2.17. The zero-order chi connectivity index (χ0) is 12.1. The van der Waals surface area contributed by atoms with E-state index in [0.29, 0.717) is 0 Å². The van der Waals surface area contributed by atoms with Gasteiger partial charge in [0.1, 0.15) is 0 Å². The van der Waals surface area contributed by atoms with Crippen molar-refractivity contribution in [2.45, 2.75) is 45.4 Å². The number of hydrogen-bond donors (Lipinski definition) is 2. The maximum Gasteiger partial charge on any atom is 0.267 e. The quantitative estimate of drug-likeness (QED) is 0.754. The second-order valence-electron chi connectivity index (χ2n) is 4.62. The number of aryl methyl sites for hydroxylation is 1. The fourth-order valence-corrected chi connectivity index (χ4v) is 2.49. The predicted molar refractivity (Wildman–Crippen MR) is 68.4 cm³/mol. The van der Waals surface area contributed by atoms with E-state index in [1.165, 1.54) is 12.0 Å². The molecule has 4 heteroatoms. The summed E-state index contributed by atoms with van der Waals surface area (Å²) in [6, 6.07) is 0. The molecule has 94 valence electrons. The Labute approximate surface area is 102 Å². The molecule has 0 fully saturated rings. The van der Waals surface area contributed by atoms with E-state index in [1.807, 2.05) is 0 Å². The van der Waals surface area contributed by atoms with Crippen LogP contribution in [0.15, 0.2) is 4.79 Å². The molecule has 1 aliphatic rings. The summed E-state index contributed by atoms with van der Waals surface area (Å²) in [6.45, 7) is 4.14. The summed E-state index contributed by atoms with van der Waals surface area (Å²) in [4.78, 5) is 11.7. The van der Waals surface area contributed by atoms with Crippen LogP contribution in [-0.4, -0.2) is 23.3 Å². The second kappa shape index (κ2) is 5.96. The molecule has 1 heterocycles. The van der Waals surface area contributed by atoms with Crippen molar-refractivity contribution in [2.75, 3.05) is 13.1 Å². The molecule has 0 aromatic carbocycles. The molecule has 0 aliphatic heterocycles. The molecule has 1 aromatic rings. The first-order valence-electron chi connectivity index (χ1n) is 6.63. The number of rotatable bonds is 5. The maximum atomic E-state index is 11.7. The SMILES string of the molecule is CCNCCCc1n[nH]c(=O)c2c1CCCC2. The Kier molecular flexibility index (Phi) is 4.31. The predicted octanol–water partition coefficient (Wildman–Crippen LogP) is 1.19. The molecule has 0 radical (unpaired) electrons. The van der Waals surface area contributed by atoms with Crippen LogP contribution < -0.4 is 10.9 Å². The third kappa shape index (κ3) is 2.94. The Morgan fingerprint density at radius 2 is 2.06 bits per heavy atom. The lowest BCUT2D eigenvalue weighted by Crippen LogP contribution is -2.23. The lowest BCUT2D eigenvalue weighted by Gasteiger charge is -2.17. The molecular formula is C13H21N3O. The molecule has 0 saturated carbocycles. The number of fused-ring (bicyclic) bond motifs is 1. The maximum absolute atomic E-state index is 11.7. The Bertz CT molecular complexity index is 425. The molecule has 1 aromatic heterocycles. The molecule has 2 N–H and O–H groups in total. The van der Waals surface area contributed by atoms with Gasteiger partial charge in [-0.15, -0.1) is 0 Å². The second-order valence-corrected chi connectivity index (χ2v) is 4.62. The average Bonchev–Trinajstić information content (AvgIpc) is 2.37. The summed E-state index contributed by atoms with van der Waals surface area (Å²) in [6.07, 6.45) is 6.33. The van der Waals surface area contributed by atoms with Gasteiger partial charge in [0.15, 0.2) is 0 Å². The molecule has 17 heavy (non-hydrogen) atoms. The van der Waals surface area contributed by atoms with E-state index in [4.69, 9.17) is 0 Å². The minimum Gasteiger partial charge on any atom is -0.317 e. The van der Waals surface area contributed by atoms with Gasteiger partial charge in [-0.3, -0.25) is 4.79 Å². The first kappa shape index (κ1) is 12.3. The van der Waals surface area contributed by atoms with Crippen LogP contribution in [-0.2, 0) is 19.3 Å². The fourth-order valence-electron chi connectivity index (χ4n) is 2.49. The van der Waals surface area contributed by atoms with Crippen LogP contribution in [0, 0.1) is 0 Å². The van der Waals surface area contributed by atoms with E-state index in [-0.39, 0.29) is 5.56 Å². The van der Waals surface area contributed by atoms with Gasteiger partial charge in [-0.25, -0.2) is 5.10 Å². The minimum atomic E-state index is 0.0233. The number of nitrogens with one attached hydrogen (secondary N) is 2. The monoisotopic (exact) mass is 235 g/mol. The van der Waals surface area contributed by atoms with E-state index in [9.17, 15) is 4.79 Å². The van der Waals surface area contributed by atoms with Crippen LogP contribution in [0.5, 0.6) is 0 Å². The summed E-state index contributed by atoms with van der Waals surface area (Å²) in [5.74, 6) is 0.